The average Bonchev–Trinajstić information content (AvgIpc) is 2.40. The molecule has 0 heterocycles. The fourth-order valence-corrected chi connectivity index (χ4v) is 0.971. The Kier molecular flexibility index (Phi) is 1.37. The van der Waals surface area contributed by atoms with Crippen LogP contribution in [-0.4, -0.2) is 28.2 Å². The Morgan fingerprint density at radius 3 is 1.50 bits per heavy atom. The number of hydrogen-bond donors (Lipinski definition) is 3. The summed E-state index contributed by atoms with van der Waals surface area (Å²) in [6.45, 7) is 0. The van der Waals surface area contributed by atoms with Crippen LogP contribution in [0, 0.1) is 11.8 Å². The molecular weight excluding hydrogens is 138 g/mol. The molecule has 0 aromatic carbocycles. The summed E-state index contributed by atoms with van der Waals surface area (Å²) in [7, 11) is 0. The number of carboxylic acids is 2. The van der Waals surface area contributed by atoms with Gasteiger partial charge in [-0.25, -0.2) is 0 Å². The summed E-state index contributed by atoms with van der Waals surface area (Å²) < 4.78 is 0. The van der Waals surface area contributed by atoms with E-state index in [-0.39, 0.29) is 0 Å². The first kappa shape index (κ1) is 7.01. The van der Waals surface area contributed by atoms with Gasteiger partial charge in [0.1, 0.15) is 0 Å². The van der Waals surface area contributed by atoms with Gasteiger partial charge in [-0.2, -0.15) is 0 Å². The zero-order valence-electron chi connectivity index (χ0n) is 5.02. The zero-order chi connectivity index (χ0) is 7.89. The molecule has 0 spiro atoms. The first-order chi connectivity index (χ1) is 4.55. The van der Waals surface area contributed by atoms with Crippen molar-refractivity contribution in [1.29, 1.82) is 0 Å². The Morgan fingerprint density at radius 1 is 1.10 bits per heavy atom. The van der Waals surface area contributed by atoms with Crippen molar-refractivity contribution in [3.05, 3.63) is 0 Å². The maximum atomic E-state index is 10.1. The Hall–Kier alpha value is -1.10. The lowest BCUT2D eigenvalue weighted by Gasteiger charge is -1.83. The van der Waals surface area contributed by atoms with Crippen LogP contribution in [0.3, 0.4) is 0 Å². The maximum absolute atomic E-state index is 10.1. The van der Waals surface area contributed by atoms with Gasteiger partial charge in [-0.15, -0.1) is 0 Å². The van der Waals surface area contributed by atoms with Crippen molar-refractivity contribution in [3.8, 4) is 0 Å². The van der Waals surface area contributed by atoms with Crippen LogP contribution in [0.15, 0.2) is 0 Å². The predicted molar refractivity (Wildman–Crippen MR) is 30.2 cm³/mol. The highest BCUT2D eigenvalue weighted by Gasteiger charge is 2.57. The van der Waals surface area contributed by atoms with Crippen molar-refractivity contribution in [2.75, 3.05) is 0 Å². The SMILES string of the molecule is NC1C(C(=O)O)C1C(=O)O. The van der Waals surface area contributed by atoms with Crippen molar-refractivity contribution in [2.45, 2.75) is 6.04 Å². The molecule has 1 aliphatic carbocycles. The number of carboxylic acid groups (broad SMARTS) is 2. The molecule has 5 nitrogen and oxygen atoms in total. The van der Waals surface area contributed by atoms with E-state index in [0.29, 0.717) is 0 Å². The van der Waals surface area contributed by atoms with Gasteiger partial charge in [0.05, 0.1) is 11.8 Å². The smallest absolute Gasteiger partial charge is 0.309 e. The Bertz CT molecular complexity index is 170. The molecule has 1 aliphatic rings. The van der Waals surface area contributed by atoms with E-state index < -0.39 is 29.8 Å². The molecule has 0 aromatic heterocycles. The topological polar surface area (TPSA) is 101 Å². The molecule has 1 fully saturated rings. The van der Waals surface area contributed by atoms with E-state index in [9.17, 15) is 9.59 Å². The normalized spacial score (nSPS) is 37.1. The second-order valence-corrected chi connectivity index (χ2v) is 2.31. The van der Waals surface area contributed by atoms with E-state index in [1.54, 1.807) is 0 Å². The van der Waals surface area contributed by atoms with E-state index in [1.807, 2.05) is 0 Å². The van der Waals surface area contributed by atoms with Crippen molar-refractivity contribution in [3.63, 3.8) is 0 Å². The summed E-state index contributed by atoms with van der Waals surface area (Å²) in [5, 5.41) is 16.6. The van der Waals surface area contributed by atoms with Crippen LogP contribution < -0.4 is 5.73 Å². The van der Waals surface area contributed by atoms with Crippen LogP contribution in [-0.2, 0) is 9.59 Å². The summed E-state index contributed by atoms with van der Waals surface area (Å²) in [5.41, 5.74) is 5.15. The quantitative estimate of drug-likeness (QED) is 0.449. The molecule has 56 valence electrons. The Labute approximate surface area is 56.4 Å². The molecule has 0 bridgehead atoms. The summed E-state index contributed by atoms with van der Waals surface area (Å²) in [5.74, 6) is -4.00. The van der Waals surface area contributed by atoms with Gasteiger partial charge in [-0.3, -0.25) is 9.59 Å². The minimum absolute atomic E-state index is 0.699. The number of hydrogen-bond acceptors (Lipinski definition) is 3. The lowest BCUT2D eigenvalue weighted by molar-refractivity contribution is -0.144. The summed E-state index contributed by atoms with van der Waals surface area (Å²) in [6.07, 6.45) is 0. The molecule has 0 aromatic rings. The number of aliphatic carboxylic acids is 2. The van der Waals surface area contributed by atoms with Gasteiger partial charge in [0.25, 0.3) is 0 Å². The van der Waals surface area contributed by atoms with Gasteiger partial charge in [0, 0.05) is 6.04 Å². The van der Waals surface area contributed by atoms with Crippen LogP contribution >= 0.6 is 0 Å². The van der Waals surface area contributed by atoms with Gasteiger partial charge in [-0.1, -0.05) is 0 Å². The molecule has 0 radical (unpaired) electrons. The molecule has 2 unspecified atom stereocenters. The van der Waals surface area contributed by atoms with Gasteiger partial charge in [-0.05, 0) is 0 Å². The molecule has 0 aliphatic heterocycles. The largest absolute Gasteiger partial charge is 0.481 e. The highest BCUT2D eigenvalue weighted by atomic mass is 16.4. The van der Waals surface area contributed by atoms with Crippen molar-refractivity contribution >= 4 is 11.9 Å². The predicted octanol–water partition coefficient (Wildman–Crippen LogP) is -1.27. The maximum Gasteiger partial charge on any atom is 0.309 e. The van der Waals surface area contributed by atoms with Crippen molar-refractivity contribution < 1.29 is 19.8 Å². The second-order valence-electron chi connectivity index (χ2n) is 2.31. The molecule has 1 rings (SSSR count). The molecule has 5 heteroatoms. The Morgan fingerprint density at radius 2 is 1.40 bits per heavy atom. The van der Waals surface area contributed by atoms with Gasteiger partial charge >= 0.3 is 11.9 Å². The van der Waals surface area contributed by atoms with E-state index >= 15 is 0 Å². The third kappa shape index (κ3) is 0.841. The van der Waals surface area contributed by atoms with Crippen LogP contribution in [0.25, 0.3) is 0 Å². The van der Waals surface area contributed by atoms with E-state index in [2.05, 4.69) is 0 Å². The highest BCUT2D eigenvalue weighted by molar-refractivity contribution is 5.87. The van der Waals surface area contributed by atoms with Crippen LogP contribution in [0.4, 0.5) is 0 Å². The highest BCUT2D eigenvalue weighted by Crippen LogP contribution is 2.37. The number of rotatable bonds is 2. The first-order valence-corrected chi connectivity index (χ1v) is 2.77. The summed E-state index contributed by atoms with van der Waals surface area (Å²) in [6, 6.07) is -0.699. The molecule has 1 saturated carbocycles. The zero-order valence-corrected chi connectivity index (χ0v) is 5.02. The van der Waals surface area contributed by atoms with Gasteiger partial charge in [0.15, 0.2) is 0 Å². The van der Waals surface area contributed by atoms with E-state index in [4.69, 9.17) is 15.9 Å². The lowest BCUT2D eigenvalue weighted by Crippen LogP contribution is -2.09. The summed E-state index contributed by atoms with van der Waals surface area (Å²) >= 11 is 0. The average molecular weight is 145 g/mol. The molecule has 2 atom stereocenters. The van der Waals surface area contributed by atoms with Crippen molar-refractivity contribution in [1.82, 2.24) is 0 Å². The van der Waals surface area contributed by atoms with E-state index in [1.165, 1.54) is 0 Å². The fourth-order valence-electron chi connectivity index (χ4n) is 0.971. The number of carbonyl (C=O) groups is 2. The molecule has 4 N–H and O–H groups in total. The summed E-state index contributed by atoms with van der Waals surface area (Å²) in [4.78, 5) is 20.3. The minimum atomic E-state index is -1.13. The fraction of sp³-hybridized carbons (Fsp3) is 0.600. The third-order valence-corrected chi connectivity index (χ3v) is 1.65. The van der Waals surface area contributed by atoms with E-state index in [0.717, 1.165) is 0 Å². The van der Waals surface area contributed by atoms with Crippen LogP contribution in [0.2, 0.25) is 0 Å². The third-order valence-electron chi connectivity index (χ3n) is 1.65. The standard InChI is InChI=1S/C5H7NO4/c6-3-1(4(7)8)2(3)5(9)10/h1-3H,6H2,(H,7,8)(H,9,10). The molecular formula is C5H7NO4. The molecule has 0 saturated heterocycles. The molecule has 0 amide bonds. The minimum Gasteiger partial charge on any atom is -0.481 e. The lowest BCUT2D eigenvalue weighted by atomic mass is 10.3. The second kappa shape index (κ2) is 1.95. The van der Waals surface area contributed by atoms with Gasteiger partial charge < -0.3 is 15.9 Å². The monoisotopic (exact) mass is 145 g/mol. The Balaban J connectivity index is 2.57. The van der Waals surface area contributed by atoms with Crippen LogP contribution in [0.5, 0.6) is 0 Å². The van der Waals surface area contributed by atoms with Crippen molar-refractivity contribution in [2.24, 2.45) is 17.6 Å². The number of nitrogens with two attached hydrogens (primary N) is 1. The van der Waals surface area contributed by atoms with Crippen LogP contribution in [0.1, 0.15) is 0 Å². The molecule has 10 heavy (non-hydrogen) atoms. The van der Waals surface area contributed by atoms with Gasteiger partial charge in [0.2, 0.25) is 0 Å². The first-order valence-electron chi connectivity index (χ1n) is 2.77.